The van der Waals surface area contributed by atoms with Gasteiger partial charge < -0.3 is 0 Å². The molecule has 2 aromatic rings. The summed E-state index contributed by atoms with van der Waals surface area (Å²) in [6, 6.07) is 4.42. The smallest absolute Gasteiger partial charge is 0.0387 e. The largest absolute Gasteiger partial charge is 0.261 e. The second kappa shape index (κ2) is 3.06. The minimum atomic E-state index is 0.248. The normalized spacial score (nSPS) is 12.3. The molecule has 2 aromatic heterocycles. The minimum Gasteiger partial charge on any atom is -0.261 e. The Morgan fingerprint density at radius 1 is 1.21 bits per heavy atom. The fourth-order valence-corrected chi connectivity index (χ4v) is 2.59. The molecule has 0 N–H and O–H groups in total. The van der Waals surface area contributed by atoms with Crippen molar-refractivity contribution in [3.63, 3.8) is 0 Å². The van der Waals surface area contributed by atoms with Crippen molar-refractivity contribution in [1.29, 1.82) is 0 Å². The minimum absolute atomic E-state index is 0.248. The fourth-order valence-electron chi connectivity index (χ4n) is 1.40. The standard InChI is InChI=1S/C12H15NS/c1-8-5-10-9(7-13-8)6-11(14-10)12(2,3)4/h5-7H,1-4H3. The summed E-state index contributed by atoms with van der Waals surface area (Å²) in [5.41, 5.74) is 1.34. The van der Waals surface area contributed by atoms with Gasteiger partial charge in [-0.05, 0) is 24.5 Å². The summed E-state index contributed by atoms with van der Waals surface area (Å²) in [5, 5.41) is 1.27. The van der Waals surface area contributed by atoms with E-state index < -0.39 is 0 Å². The lowest BCUT2D eigenvalue weighted by molar-refractivity contribution is 0.604. The zero-order valence-electron chi connectivity index (χ0n) is 9.09. The highest BCUT2D eigenvalue weighted by molar-refractivity contribution is 7.19. The summed E-state index contributed by atoms with van der Waals surface area (Å²) in [5.74, 6) is 0. The van der Waals surface area contributed by atoms with Crippen LogP contribution in [0.3, 0.4) is 0 Å². The predicted molar refractivity (Wildman–Crippen MR) is 63.1 cm³/mol. The molecule has 0 unspecified atom stereocenters. The van der Waals surface area contributed by atoms with Crippen molar-refractivity contribution in [1.82, 2.24) is 4.98 Å². The topological polar surface area (TPSA) is 12.9 Å². The van der Waals surface area contributed by atoms with E-state index in [1.807, 2.05) is 24.5 Å². The van der Waals surface area contributed by atoms with Crippen LogP contribution in [-0.2, 0) is 5.41 Å². The molecule has 14 heavy (non-hydrogen) atoms. The molecule has 0 aliphatic rings. The summed E-state index contributed by atoms with van der Waals surface area (Å²) < 4.78 is 1.35. The Kier molecular flexibility index (Phi) is 2.11. The molecule has 0 aromatic carbocycles. The third-order valence-corrected chi connectivity index (χ3v) is 3.80. The maximum absolute atomic E-state index is 4.31. The number of hydrogen-bond donors (Lipinski definition) is 0. The van der Waals surface area contributed by atoms with Crippen LogP contribution in [0.15, 0.2) is 18.3 Å². The molecule has 2 heteroatoms. The van der Waals surface area contributed by atoms with Crippen LogP contribution in [0.4, 0.5) is 0 Å². The van der Waals surface area contributed by atoms with Crippen LogP contribution in [0.2, 0.25) is 0 Å². The Labute approximate surface area is 88.8 Å². The van der Waals surface area contributed by atoms with E-state index in [1.165, 1.54) is 15.0 Å². The summed E-state index contributed by atoms with van der Waals surface area (Å²) in [6.45, 7) is 8.78. The third-order valence-electron chi connectivity index (χ3n) is 2.28. The average Bonchev–Trinajstić information content (AvgIpc) is 2.45. The highest BCUT2D eigenvalue weighted by Crippen LogP contribution is 2.33. The molecule has 1 nitrogen and oxygen atoms in total. The van der Waals surface area contributed by atoms with Gasteiger partial charge in [0.05, 0.1) is 0 Å². The molecule has 74 valence electrons. The van der Waals surface area contributed by atoms with Gasteiger partial charge in [-0.1, -0.05) is 20.8 Å². The second-order valence-corrected chi connectivity index (χ2v) is 5.81. The number of aryl methyl sites for hydroxylation is 1. The molecule has 0 bridgehead atoms. The van der Waals surface area contributed by atoms with Crippen LogP contribution in [0.25, 0.3) is 10.1 Å². The van der Waals surface area contributed by atoms with E-state index in [0.29, 0.717) is 0 Å². The first-order valence-corrected chi connectivity index (χ1v) is 5.65. The first-order chi connectivity index (χ1) is 6.47. The van der Waals surface area contributed by atoms with Crippen LogP contribution in [0.1, 0.15) is 31.3 Å². The molecule has 0 amide bonds. The Balaban J connectivity index is 2.63. The Bertz CT molecular complexity index is 463. The monoisotopic (exact) mass is 205 g/mol. The lowest BCUT2D eigenvalue weighted by atomic mass is 9.94. The van der Waals surface area contributed by atoms with Crippen molar-refractivity contribution in [2.24, 2.45) is 0 Å². The maximum atomic E-state index is 4.31. The second-order valence-electron chi connectivity index (χ2n) is 4.72. The van der Waals surface area contributed by atoms with Crippen LogP contribution >= 0.6 is 11.3 Å². The number of hydrogen-bond acceptors (Lipinski definition) is 2. The van der Waals surface area contributed by atoms with Gasteiger partial charge in [0.2, 0.25) is 0 Å². The molecule has 2 rings (SSSR count). The zero-order valence-corrected chi connectivity index (χ0v) is 9.90. The van der Waals surface area contributed by atoms with Crippen molar-refractivity contribution in [3.05, 3.63) is 28.9 Å². The van der Waals surface area contributed by atoms with Crippen molar-refractivity contribution in [2.75, 3.05) is 0 Å². The van der Waals surface area contributed by atoms with Gasteiger partial charge in [-0.3, -0.25) is 4.98 Å². The van der Waals surface area contributed by atoms with Crippen LogP contribution in [-0.4, -0.2) is 4.98 Å². The maximum Gasteiger partial charge on any atom is 0.0387 e. The first-order valence-electron chi connectivity index (χ1n) is 4.83. The van der Waals surface area contributed by atoms with Gasteiger partial charge in [0, 0.05) is 26.9 Å². The molecular formula is C12H15NS. The Hall–Kier alpha value is -0.890. The highest BCUT2D eigenvalue weighted by Gasteiger charge is 2.16. The number of rotatable bonds is 0. The van der Waals surface area contributed by atoms with Crippen LogP contribution in [0, 0.1) is 6.92 Å². The van der Waals surface area contributed by atoms with Gasteiger partial charge in [0.25, 0.3) is 0 Å². The quantitative estimate of drug-likeness (QED) is 0.635. The van der Waals surface area contributed by atoms with Gasteiger partial charge in [-0.2, -0.15) is 0 Å². The van der Waals surface area contributed by atoms with Crippen molar-refractivity contribution in [2.45, 2.75) is 33.1 Å². The fraction of sp³-hybridized carbons (Fsp3) is 0.417. The van der Waals surface area contributed by atoms with E-state index in [1.54, 1.807) is 0 Å². The molecule has 0 aliphatic carbocycles. The van der Waals surface area contributed by atoms with Gasteiger partial charge in [0.15, 0.2) is 0 Å². The van der Waals surface area contributed by atoms with E-state index in [9.17, 15) is 0 Å². The van der Waals surface area contributed by atoms with Crippen molar-refractivity contribution in [3.8, 4) is 0 Å². The lowest BCUT2D eigenvalue weighted by Crippen LogP contribution is -2.07. The molecule has 0 saturated heterocycles. The number of aromatic nitrogens is 1. The van der Waals surface area contributed by atoms with E-state index >= 15 is 0 Å². The summed E-state index contributed by atoms with van der Waals surface area (Å²) in [4.78, 5) is 5.74. The third kappa shape index (κ3) is 1.67. The number of fused-ring (bicyclic) bond motifs is 1. The average molecular weight is 205 g/mol. The van der Waals surface area contributed by atoms with Gasteiger partial charge in [-0.15, -0.1) is 11.3 Å². The van der Waals surface area contributed by atoms with E-state index in [2.05, 4.69) is 37.9 Å². The SMILES string of the molecule is Cc1cc2sc(C(C)(C)C)cc2cn1. The van der Waals surface area contributed by atoms with Crippen LogP contribution < -0.4 is 0 Å². The van der Waals surface area contributed by atoms with Gasteiger partial charge in [0.1, 0.15) is 0 Å². The van der Waals surface area contributed by atoms with Crippen molar-refractivity contribution < 1.29 is 0 Å². The summed E-state index contributed by atoms with van der Waals surface area (Å²) >= 11 is 1.88. The van der Waals surface area contributed by atoms with Crippen molar-refractivity contribution >= 4 is 21.4 Å². The molecule has 0 radical (unpaired) electrons. The zero-order chi connectivity index (χ0) is 10.3. The first kappa shape index (κ1) is 9.66. The number of nitrogens with zero attached hydrogens (tertiary/aromatic N) is 1. The molecule has 0 fully saturated rings. The molecule has 0 saturated carbocycles. The van der Waals surface area contributed by atoms with E-state index in [0.717, 1.165) is 5.69 Å². The predicted octanol–water partition coefficient (Wildman–Crippen LogP) is 3.90. The van der Waals surface area contributed by atoms with Crippen LogP contribution in [0.5, 0.6) is 0 Å². The molecule has 2 heterocycles. The number of pyridine rings is 1. The molecule has 0 spiro atoms. The Morgan fingerprint density at radius 2 is 1.93 bits per heavy atom. The lowest BCUT2D eigenvalue weighted by Gasteiger charge is -2.14. The Morgan fingerprint density at radius 3 is 2.57 bits per heavy atom. The molecular weight excluding hydrogens is 190 g/mol. The highest BCUT2D eigenvalue weighted by atomic mass is 32.1. The van der Waals surface area contributed by atoms with Gasteiger partial charge in [-0.25, -0.2) is 0 Å². The molecule has 0 atom stereocenters. The summed E-state index contributed by atoms with van der Waals surface area (Å²) in [7, 11) is 0. The molecule has 0 aliphatic heterocycles. The van der Waals surface area contributed by atoms with E-state index in [-0.39, 0.29) is 5.41 Å². The van der Waals surface area contributed by atoms with E-state index in [4.69, 9.17) is 0 Å². The number of thiophene rings is 1. The summed E-state index contributed by atoms with van der Waals surface area (Å²) in [6.07, 6.45) is 1.97. The van der Waals surface area contributed by atoms with Gasteiger partial charge >= 0.3 is 0 Å².